The molecule has 0 radical (unpaired) electrons. The third kappa shape index (κ3) is 3.29. The molecule has 1 fully saturated rings. The van der Waals surface area contributed by atoms with Gasteiger partial charge in [-0.25, -0.2) is 4.79 Å². The molecule has 0 aliphatic carbocycles. The predicted octanol–water partition coefficient (Wildman–Crippen LogP) is 3.19. The number of amides is 2. The van der Waals surface area contributed by atoms with E-state index in [1.54, 1.807) is 0 Å². The number of nitrogens with two attached hydrogens (primary N) is 1. The van der Waals surface area contributed by atoms with Crippen LogP contribution < -0.4 is 5.73 Å². The average Bonchev–Trinajstić information content (AvgIpc) is 2.62. The normalized spacial score (nSPS) is 17.4. The third-order valence-electron chi connectivity index (χ3n) is 5.09. The monoisotopic (exact) mass is 323 g/mol. The summed E-state index contributed by atoms with van der Waals surface area (Å²) in [6, 6.07) is 20.0. The average molecular weight is 323 g/mol. The summed E-state index contributed by atoms with van der Waals surface area (Å²) in [6.07, 6.45) is 1.78. The number of hydrogen-bond acceptors (Lipinski definition) is 2. The summed E-state index contributed by atoms with van der Waals surface area (Å²) in [5, 5.41) is 0. The predicted molar refractivity (Wildman–Crippen MR) is 96.4 cm³/mol. The Morgan fingerprint density at radius 3 is 2.12 bits per heavy atom. The van der Waals surface area contributed by atoms with Crippen molar-refractivity contribution in [3.63, 3.8) is 0 Å². The van der Waals surface area contributed by atoms with E-state index in [9.17, 15) is 4.79 Å². The van der Waals surface area contributed by atoms with E-state index in [-0.39, 0.29) is 11.6 Å². The van der Waals surface area contributed by atoms with Gasteiger partial charge < -0.3 is 15.5 Å². The van der Waals surface area contributed by atoms with Gasteiger partial charge in [0.1, 0.15) is 0 Å². The number of carbonyl (C=O) groups excluding carboxylic acids is 1. The molecule has 126 valence electrons. The lowest BCUT2D eigenvalue weighted by molar-refractivity contribution is 0.0491. The Bertz CT molecular complexity index is 664. The first kappa shape index (κ1) is 16.5. The van der Waals surface area contributed by atoms with Crippen molar-refractivity contribution in [1.29, 1.82) is 0 Å². The van der Waals surface area contributed by atoms with Gasteiger partial charge in [-0.3, -0.25) is 0 Å². The van der Waals surface area contributed by atoms with E-state index in [2.05, 4.69) is 24.1 Å². The van der Waals surface area contributed by atoms with Crippen molar-refractivity contribution in [3.8, 4) is 0 Å². The van der Waals surface area contributed by atoms with Gasteiger partial charge in [-0.1, -0.05) is 60.7 Å². The molecular formula is C20H25N3O. The molecule has 2 N–H and O–H groups in total. The van der Waals surface area contributed by atoms with Gasteiger partial charge in [0.25, 0.3) is 0 Å². The summed E-state index contributed by atoms with van der Waals surface area (Å²) in [5.74, 6) is 0. The van der Waals surface area contributed by atoms with Crippen molar-refractivity contribution in [3.05, 3.63) is 71.8 Å². The fourth-order valence-corrected chi connectivity index (χ4v) is 3.66. The standard InChI is InChI=1S/C20H25N3O/c1-22-14-12-20(13-15-22,18-10-6-3-7-11-18)23(19(21)24)16-17-8-4-2-5-9-17/h2-11H,12-16H2,1H3,(H2,21,24). The summed E-state index contributed by atoms with van der Waals surface area (Å²) < 4.78 is 0. The maximum Gasteiger partial charge on any atom is 0.315 e. The van der Waals surface area contributed by atoms with Crippen molar-refractivity contribution < 1.29 is 4.79 Å². The molecule has 0 aromatic heterocycles. The van der Waals surface area contributed by atoms with Crippen molar-refractivity contribution >= 4 is 6.03 Å². The number of rotatable bonds is 4. The summed E-state index contributed by atoms with van der Waals surface area (Å²) in [4.78, 5) is 16.6. The van der Waals surface area contributed by atoms with Crippen LogP contribution in [0.3, 0.4) is 0 Å². The van der Waals surface area contributed by atoms with Gasteiger partial charge >= 0.3 is 6.03 Å². The fraction of sp³-hybridized carbons (Fsp3) is 0.350. The van der Waals surface area contributed by atoms with Gasteiger partial charge in [-0.15, -0.1) is 0 Å². The number of benzene rings is 2. The first-order valence-electron chi connectivity index (χ1n) is 8.47. The second kappa shape index (κ2) is 7.05. The van der Waals surface area contributed by atoms with Crippen molar-refractivity contribution in [2.45, 2.75) is 24.9 Å². The molecule has 0 spiro atoms. The molecule has 0 saturated carbocycles. The van der Waals surface area contributed by atoms with Crippen LogP contribution in [0.15, 0.2) is 60.7 Å². The minimum atomic E-state index is -0.354. The molecule has 1 saturated heterocycles. The van der Waals surface area contributed by atoms with Crippen LogP contribution in [0.5, 0.6) is 0 Å². The molecule has 0 atom stereocenters. The lowest BCUT2D eigenvalue weighted by Crippen LogP contribution is -2.56. The Hall–Kier alpha value is -2.33. The van der Waals surface area contributed by atoms with Crippen LogP contribution in [0.4, 0.5) is 4.79 Å². The largest absolute Gasteiger partial charge is 0.351 e. The Morgan fingerprint density at radius 2 is 1.58 bits per heavy atom. The van der Waals surface area contributed by atoms with E-state index in [0.717, 1.165) is 31.5 Å². The molecule has 4 heteroatoms. The molecule has 2 amide bonds. The molecule has 4 nitrogen and oxygen atoms in total. The lowest BCUT2D eigenvalue weighted by atomic mass is 9.79. The lowest BCUT2D eigenvalue weighted by Gasteiger charge is -2.48. The van der Waals surface area contributed by atoms with Crippen LogP contribution in [-0.4, -0.2) is 36.0 Å². The molecular weight excluding hydrogens is 298 g/mol. The zero-order chi connectivity index (χ0) is 17.0. The van der Waals surface area contributed by atoms with Gasteiger partial charge in [0.05, 0.1) is 5.54 Å². The maximum absolute atomic E-state index is 12.4. The Kier molecular flexibility index (Phi) is 4.86. The zero-order valence-electron chi connectivity index (χ0n) is 14.2. The van der Waals surface area contributed by atoms with Crippen LogP contribution in [0, 0.1) is 0 Å². The van der Waals surface area contributed by atoms with E-state index in [1.165, 1.54) is 5.56 Å². The topological polar surface area (TPSA) is 49.6 Å². The molecule has 2 aromatic carbocycles. The Balaban J connectivity index is 2.00. The van der Waals surface area contributed by atoms with Gasteiger partial charge in [-0.2, -0.15) is 0 Å². The third-order valence-corrected chi connectivity index (χ3v) is 5.09. The van der Waals surface area contributed by atoms with Crippen LogP contribution >= 0.6 is 0 Å². The molecule has 3 rings (SSSR count). The SMILES string of the molecule is CN1CCC(c2ccccc2)(N(Cc2ccccc2)C(N)=O)CC1. The molecule has 1 aliphatic heterocycles. The van der Waals surface area contributed by atoms with Gasteiger partial charge in [0.2, 0.25) is 0 Å². The number of hydrogen-bond donors (Lipinski definition) is 1. The van der Waals surface area contributed by atoms with E-state index < -0.39 is 0 Å². The number of piperidine rings is 1. The molecule has 24 heavy (non-hydrogen) atoms. The highest BCUT2D eigenvalue weighted by atomic mass is 16.2. The Morgan fingerprint density at radius 1 is 1.04 bits per heavy atom. The van der Waals surface area contributed by atoms with E-state index in [4.69, 9.17) is 5.73 Å². The second-order valence-corrected chi connectivity index (χ2v) is 6.61. The first-order valence-corrected chi connectivity index (χ1v) is 8.47. The minimum Gasteiger partial charge on any atom is -0.351 e. The maximum atomic E-state index is 12.4. The van der Waals surface area contributed by atoms with E-state index in [1.807, 2.05) is 53.4 Å². The number of primary amides is 1. The summed E-state index contributed by atoms with van der Waals surface area (Å²) in [6.45, 7) is 2.44. The minimum absolute atomic E-state index is 0.338. The van der Waals surface area contributed by atoms with Gasteiger partial charge in [0.15, 0.2) is 0 Å². The first-order chi connectivity index (χ1) is 11.6. The van der Waals surface area contributed by atoms with Crippen LogP contribution in [0.2, 0.25) is 0 Å². The second-order valence-electron chi connectivity index (χ2n) is 6.61. The summed E-state index contributed by atoms with van der Waals surface area (Å²) in [5.41, 5.74) is 7.78. The molecule has 0 unspecified atom stereocenters. The molecule has 1 aliphatic rings. The molecule has 1 heterocycles. The smallest absolute Gasteiger partial charge is 0.315 e. The molecule has 0 bridgehead atoms. The zero-order valence-corrected chi connectivity index (χ0v) is 14.2. The van der Waals surface area contributed by atoms with E-state index >= 15 is 0 Å². The number of urea groups is 1. The highest BCUT2D eigenvalue weighted by molar-refractivity contribution is 5.73. The summed E-state index contributed by atoms with van der Waals surface area (Å²) >= 11 is 0. The van der Waals surface area contributed by atoms with E-state index in [0.29, 0.717) is 6.54 Å². The highest BCUT2D eigenvalue weighted by Crippen LogP contribution is 2.39. The van der Waals surface area contributed by atoms with Gasteiger partial charge in [-0.05, 0) is 31.0 Å². The summed E-state index contributed by atoms with van der Waals surface area (Å²) in [7, 11) is 2.13. The van der Waals surface area contributed by atoms with Crippen molar-refractivity contribution in [1.82, 2.24) is 9.80 Å². The fourth-order valence-electron chi connectivity index (χ4n) is 3.66. The van der Waals surface area contributed by atoms with Crippen molar-refractivity contribution in [2.24, 2.45) is 5.73 Å². The van der Waals surface area contributed by atoms with Gasteiger partial charge in [0, 0.05) is 19.6 Å². The Labute approximate surface area is 143 Å². The molecule has 2 aromatic rings. The van der Waals surface area contributed by atoms with Crippen molar-refractivity contribution in [2.75, 3.05) is 20.1 Å². The number of carbonyl (C=O) groups is 1. The van der Waals surface area contributed by atoms with Crippen LogP contribution in [0.1, 0.15) is 24.0 Å². The van der Waals surface area contributed by atoms with Crippen LogP contribution in [-0.2, 0) is 12.1 Å². The van der Waals surface area contributed by atoms with Crippen LogP contribution in [0.25, 0.3) is 0 Å². The quantitative estimate of drug-likeness (QED) is 0.939. The highest BCUT2D eigenvalue weighted by Gasteiger charge is 2.42. The number of likely N-dealkylation sites (tertiary alicyclic amines) is 1. The number of nitrogens with zero attached hydrogens (tertiary/aromatic N) is 2.